The highest BCUT2D eigenvalue weighted by molar-refractivity contribution is 6.31. The molecule has 7 heteroatoms. The number of urea groups is 1. The minimum absolute atomic E-state index is 0.105. The molecular weight excluding hydrogens is 316 g/mol. The van der Waals surface area contributed by atoms with Crippen LogP contribution in [0.1, 0.15) is 23.2 Å². The van der Waals surface area contributed by atoms with Crippen molar-refractivity contribution in [2.24, 2.45) is 0 Å². The van der Waals surface area contributed by atoms with Crippen LogP contribution in [0.15, 0.2) is 18.3 Å². The summed E-state index contributed by atoms with van der Waals surface area (Å²) in [6, 6.07) is 3.48. The lowest BCUT2D eigenvalue weighted by Crippen LogP contribution is -2.41. The molecule has 0 fully saturated rings. The lowest BCUT2D eigenvalue weighted by atomic mass is 9.94. The zero-order valence-corrected chi connectivity index (χ0v) is 13.2. The fourth-order valence-electron chi connectivity index (χ4n) is 3.25. The summed E-state index contributed by atoms with van der Waals surface area (Å²) in [7, 11) is 0. The van der Waals surface area contributed by atoms with Gasteiger partial charge < -0.3 is 15.4 Å². The first-order valence-corrected chi connectivity index (χ1v) is 8.10. The Morgan fingerprint density at radius 1 is 1.35 bits per heavy atom. The molecule has 0 spiro atoms. The highest BCUT2D eigenvalue weighted by atomic mass is 35.5. The van der Waals surface area contributed by atoms with Crippen LogP contribution in [0.4, 0.5) is 10.5 Å². The number of rotatable bonds is 2. The molecule has 4 rings (SSSR count). The van der Waals surface area contributed by atoms with Crippen LogP contribution in [0.3, 0.4) is 0 Å². The minimum atomic E-state index is -0.234. The summed E-state index contributed by atoms with van der Waals surface area (Å²) in [5.74, 6) is 0.727. The number of nitrogens with zero attached hydrogens (tertiary/aromatic N) is 1. The Balaban J connectivity index is 1.43. The number of anilines is 1. The zero-order valence-electron chi connectivity index (χ0n) is 12.5. The number of H-pyrrole nitrogens is 1. The van der Waals surface area contributed by atoms with Gasteiger partial charge in [-0.3, -0.25) is 5.10 Å². The summed E-state index contributed by atoms with van der Waals surface area (Å²) >= 11 is 6.11. The van der Waals surface area contributed by atoms with E-state index in [0.29, 0.717) is 17.3 Å². The van der Waals surface area contributed by atoms with Crippen LogP contribution in [0, 0.1) is 0 Å². The molecule has 23 heavy (non-hydrogen) atoms. The molecule has 1 aliphatic carbocycles. The first kappa shape index (κ1) is 14.4. The molecule has 1 aromatic heterocycles. The Bertz CT molecular complexity index is 759. The van der Waals surface area contributed by atoms with Crippen molar-refractivity contribution in [2.45, 2.75) is 31.7 Å². The van der Waals surface area contributed by atoms with E-state index in [1.807, 2.05) is 12.3 Å². The molecule has 0 radical (unpaired) electrons. The lowest BCUT2D eigenvalue weighted by Gasteiger charge is -2.23. The number of carbonyl (C=O) groups excluding carboxylic acids is 1. The molecule has 1 aromatic carbocycles. The normalized spacial score (nSPS) is 18.7. The molecular formula is C16H17ClN4O2. The van der Waals surface area contributed by atoms with Gasteiger partial charge in [0.15, 0.2) is 0 Å². The van der Waals surface area contributed by atoms with E-state index in [1.54, 1.807) is 6.07 Å². The van der Waals surface area contributed by atoms with Gasteiger partial charge in [0.1, 0.15) is 5.75 Å². The zero-order chi connectivity index (χ0) is 15.8. The maximum atomic E-state index is 12.3. The summed E-state index contributed by atoms with van der Waals surface area (Å²) in [5.41, 5.74) is 4.01. The fourth-order valence-corrected chi connectivity index (χ4v) is 3.49. The average molecular weight is 333 g/mol. The number of nitrogens with one attached hydrogen (secondary N) is 3. The number of fused-ring (bicyclic) bond motifs is 2. The third-order valence-corrected chi connectivity index (χ3v) is 4.57. The molecule has 3 N–H and O–H groups in total. The maximum absolute atomic E-state index is 12.3. The maximum Gasteiger partial charge on any atom is 0.319 e. The monoisotopic (exact) mass is 332 g/mol. The van der Waals surface area contributed by atoms with Gasteiger partial charge >= 0.3 is 6.03 Å². The number of hydrogen-bond acceptors (Lipinski definition) is 3. The van der Waals surface area contributed by atoms with E-state index in [0.717, 1.165) is 37.0 Å². The number of carbonyl (C=O) groups is 1. The Kier molecular flexibility index (Phi) is 3.61. The summed E-state index contributed by atoms with van der Waals surface area (Å²) in [5, 5.41) is 13.5. The van der Waals surface area contributed by atoms with Crippen molar-refractivity contribution in [3.63, 3.8) is 0 Å². The summed E-state index contributed by atoms with van der Waals surface area (Å²) in [6.07, 6.45) is 5.24. The molecule has 0 bridgehead atoms. The smallest absolute Gasteiger partial charge is 0.319 e. The van der Waals surface area contributed by atoms with Crippen molar-refractivity contribution in [2.75, 3.05) is 11.9 Å². The van der Waals surface area contributed by atoms with Crippen LogP contribution in [0.5, 0.6) is 5.75 Å². The largest absolute Gasteiger partial charge is 0.491 e. The molecule has 1 atom stereocenters. The minimum Gasteiger partial charge on any atom is -0.491 e. The number of halogens is 1. The van der Waals surface area contributed by atoms with Crippen molar-refractivity contribution >= 4 is 23.3 Å². The van der Waals surface area contributed by atoms with Gasteiger partial charge in [0.05, 0.1) is 18.5 Å². The third-order valence-electron chi connectivity index (χ3n) is 4.35. The van der Waals surface area contributed by atoms with Gasteiger partial charge in [-0.15, -0.1) is 0 Å². The Hall–Kier alpha value is -2.21. The van der Waals surface area contributed by atoms with E-state index in [4.69, 9.17) is 16.3 Å². The highest BCUT2D eigenvalue weighted by Crippen LogP contribution is 2.36. The highest BCUT2D eigenvalue weighted by Gasteiger charge is 2.23. The van der Waals surface area contributed by atoms with E-state index < -0.39 is 0 Å². The second kappa shape index (κ2) is 5.77. The van der Waals surface area contributed by atoms with Crippen LogP contribution in [-0.4, -0.2) is 28.9 Å². The molecule has 2 aromatic rings. The second-order valence-electron chi connectivity index (χ2n) is 5.95. The van der Waals surface area contributed by atoms with Crippen molar-refractivity contribution in [3.8, 4) is 5.75 Å². The molecule has 2 heterocycles. The predicted molar refractivity (Wildman–Crippen MR) is 87.2 cm³/mol. The van der Waals surface area contributed by atoms with Crippen LogP contribution in [0.25, 0.3) is 0 Å². The van der Waals surface area contributed by atoms with Crippen molar-refractivity contribution in [3.05, 3.63) is 40.2 Å². The van der Waals surface area contributed by atoms with Gasteiger partial charge in [-0.2, -0.15) is 5.10 Å². The van der Waals surface area contributed by atoms with Crippen LogP contribution < -0.4 is 15.4 Å². The predicted octanol–water partition coefficient (Wildman–Crippen LogP) is 2.68. The molecule has 2 aliphatic rings. The summed E-state index contributed by atoms with van der Waals surface area (Å²) < 4.78 is 5.60. The number of aromatic amines is 1. The Morgan fingerprint density at radius 3 is 3.17 bits per heavy atom. The van der Waals surface area contributed by atoms with Gasteiger partial charge in [0, 0.05) is 28.7 Å². The molecule has 0 saturated heterocycles. The molecule has 6 nitrogen and oxygen atoms in total. The van der Waals surface area contributed by atoms with Gasteiger partial charge in [-0.1, -0.05) is 11.6 Å². The van der Waals surface area contributed by atoms with Crippen LogP contribution in [-0.2, 0) is 19.3 Å². The first-order chi connectivity index (χ1) is 11.2. The summed E-state index contributed by atoms with van der Waals surface area (Å²) in [6.45, 7) is 0.623. The number of benzene rings is 1. The SMILES string of the molecule is O=C(Nc1cc(Cl)cc2c1OCC2)N[C@@H]1CCc2[nH]ncc2C1. The topological polar surface area (TPSA) is 79.0 Å². The van der Waals surface area contributed by atoms with Crippen molar-refractivity contribution in [1.29, 1.82) is 0 Å². The molecule has 2 amide bonds. The number of amides is 2. The standard InChI is InChI=1S/C16H17ClN4O2/c17-11-5-9-3-4-23-15(9)14(7-11)20-16(22)19-12-1-2-13-10(6-12)8-18-21-13/h5,7-8,12H,1-4,6H2,(H,18,21)(H2,19,20,22)/t12-/m1/s1. The van der Waals surface area contributed by atoms with E-state index in [9.17, 15) is 4.79 Å². The van der Waals surface area contributed by atoms with E-state index in [2.05, 4.69) is 20.8 Å². The summed E-state index contributed by atoms with van der Waals surface area (Å²) in [4.78, 5) is 12.3. The quantitative estimate of drug-likeness (QED) is 0.791. The number of aryl methyl sites for hydroxylation is 1. The van der Waals surface area contributed by atoms with E-state index >= 15 is 0 Å². The number of aromatic nitrogens is 2. The van der Waals surface area contributed by atoms with Crippen molar-refractivity contribution < 1.29 is 9.53 Å². The van der Waals surface area contributed by atoms with Gasteiger partial charge in [-0.25, -0.2) is 4.79 Å². The number of ether oxygens (including phenoxy) is 1. The van der Waals surface area contributed by atoms with Gasteiger partial charge in [-0.05, 0) is 37.0 Å². The van der Waals surface area contributed by atoms with Crippen LogP contribution >= 0.6 is 11.6 Å². The average Bonchev–Trinajstić information content (AvgIpc) is 3.14. The first-order valence-electron chi connectivity index (χ1n) is 7.73. The van der Waals surface area contributed by atoms with E-state index in [1.165, 1.54) is 11.3 Å². The fraction of sp³-hybridized carbons (Fsp3) is 0.375. The molecule has 1 aliphatic heterocycles. The Labute approximate surface area is 138 Å². The van der Waals surface area contributed by atoms with Gasteiger partial charge in [0.25, 0.3) is 0 Å². The third kappa shape index (κ3) is 2.86. The van der Waals surface area contributed by atoms with E-state index in [-0.39, 0.29) is 12.1 Å². The molecule has 0 saturated carbocycles. The lowest BCUT2D eigenvalue weighted by molar-refractivity contribution is 0.247. The molecule has 0 unspecified atom stereocenters. The second-order valence-corrected chi connectivity index (χ2v) is 6.39. The number of hydrogen-bond donors (Lipinski definition) is 3. The molecule has 120 valence electrons. The van der Waals surface area contributed by atoms with Crippen LogP contribution in [0.2, 0.25) is 5.02 Å². The Morgan fingerprint density at radius 2 is 2.26 bits per heavy atom. The van der Waals surface area contributed by atoms with Gasteiger partial charge in [0.2, 0.25) is 0 Å². The van der Waals surface area contributed by atoms with Crippen molar-refractivity contribution in [1.82, 2.24) is 15.5 Å².